The van der Waals surface area contributed by atoms with Crippen molar-refractivity contribution < 1.29 is 14.3 Å². The van der Waals surface area contributed by atoms with Crippen LogP contribution in [0.4, 0.5) is 10.5 Å². The second-order valence-electron chi connectivity index (χ2n) is 11.4. The molecule has 186 valence electrons. The largest absolute Gasteiger partial charge is 0.493 e. The van der Waals surface area contributed by atoms with Crippen molar-refractivity contribution in [2.24, 2.45) is 11.8 Å². The van der Waals surface area contributed by atoms with E-state index >= 15 is 0 Å². The van der Waals surface area contributed by atoms with Crippen molar-refractivity contribution in [1.29, 1.82) is 0 Å². The number of rotatable bonds is 8. The highest BCUT2D eigenvalue weighted by atomic mass is 16.6. The summed E-state index contributed by atoms with van der Waals surface area (Å²) in [4.78, 5) is 16.9. The van der Waals surface area contributed by atoms with Gasteiger partial charge in [-0.3, -0.25) is 0 Å². The Balaban J connectivity index is 1.58. The van der Waals surface area contributed by atoms with Gasteiger partial charge in [0.25, 0.3) is 0 Å². The molecule has 0 atom stereocenters. The first kappa shape index (κ1) is 25.7. The lowest BCUT2D eigenvalue weighted by Gasteiger charge is -2.40. The first-order valence-corrected chi connectivity index (χ1v) is 13.2. The lowest BCUT2D eigenvalue weighted by atomic mass is 9.90. The molecule has 5 heteroatoms. The molecule has 1 aliphatic carbocycles. The van der Waals surface area contributed by atoms with Crippen molar-refractivity contribution in [2.75, 3.05) is 31.1 Å². The highest BCUT2D eigenvalue weighted by molar-refractivity contribution is 5.68. The van der Waals surface area contributed by atoms with Gasteiger partial charge in [0.05, 0.1) is 6.61 Å². The average Bonchev–Trinajstić information content (AvgIpc) is 2.78. The van der Waals surface area contributed by atoms with Gasteiger partial charge in [-0.25, -0.2) is 4.79 Å². The van der Waals surface area contributed by atoms with Crippen LogP contribution in [0.1, 0.15) is 86.0 Å². The van der Waals surface area contributed by atoms with Gasteiger partial charge in [-0.1, -0.05) is 33.1 Å². The molecule has 33 heavy (non-hydrogen) atoms. The SMILES string of the molecule is CC(C)CCN(c1ccc(OCC2CCCCC2)cc1)C1CCN(C(=O)OC(C)(C)C)CC1. The smallest absolute Gasteiger partial charge is 0.410 e. The topological polar surface area (TPSA) is 42.0 Å². The predicted molar refractivity (Wildman–Crippen MR) is 136 cm³/mol. The summed E-state index contributed by atoms with van der Waals surface area (Å²) < 4.78 is 11.7. The molecule has 1 amide bonds. The fraction of sp³-hybridized carbons (Fsp3) is 0.750. The van der Waals surface area contributed by atoms with Crippen LogP contribution >= 0.6 is 0 Å². The van der Waals surface area contributed by atoms with Gasteiger partial charge in [0.15, 0.2) is 0 Å². The van der Waals surface area contributed by atoms with Crippen LogP contribution in [0.3, 0.4) is 0 Å². The highest BCUT2D eigenvalue weighted by Crippen LogP contribution is 2.29. The van der Waals surface area contributed by atoms with E-state index in [1.54, 1.807) is 0 Å². The summed E-state index contributed by atoms with van der Waals surface area (Å²) in [5.41, 5.74) is 0.814. The van der Waals surface area contributed by atoms with E-state index in [1.807, 2.05) is 25.7 Å². The third-order valence-corrected chi connectivity index (χ3v) is 6.88. The lowest BCUT2D eigenvalue weighted by molar-refractivity contribution is 0.0204. The van der Waals surface area contributed by atoms with Crippen molar-refractivity contribution in [2.45, 2.75) is 97.6 Å². The third-order valence-electron chi connectivity index (χ3n) is 6.88. The van der Waals surface area contributed by atoms with Crippen molar-refractivity contribution in [3.8, 4) is 5.75 Å². The zero-order valence-corrected chi connectivity index (χ0v) is 21.6. The van der Waals surface area contributed by atoms with Gasteiger partial charge in [-0.2, -0.15) is 0 Å². The minimum Gasteiger partial charge on any atom is -0.493 e. The molecule has 0 radical (unpaired) electrons. The van der Waals surface area contributed by atoms with Gasteiger partial charge >= 0.3 is 6.09 Å². The average molecular weight is 459 g/mol. The van der Waals surface area contributed by atoms with Crippen molar-refractivity contribution in [3.05, 3.63) is 24.3 Å². The van der Waals surface area contributed by atoms with Crippen LogP contribution in [-0.2, 0) is 4.74 Å². The molecule has 1 heterocycles. The molecule has 2 fully saturated rings. The molecule has 3 rings (SSSR count). The maximum Gasteiger partial charge on any atom is 0.410 e. The van der Waals surface area contributed by atoms with E-state index < -0.39 is 5.60 Å². The van der Waals surface area contributed by atoms with Gasteiger partial charge in [-0.15, -0.1) is 0 Å². The molecule has 0 spiro atoms. The number of anilines is 1. The standard InChI is InChI=1S/C28H46N2O3/c1-22(2)15-20-30(25-16-18-29(19-17-25)27(31)33-28(3,4)5)24-11-13-26(14-12-24)32-21-23-9-7-6-8-10-23/h11-14,22-23,25H,6-10,15-21H2,1-5H3. The van der Waals surface area contributed by atoms with E-state index in [4.69, 9.17) is 9.47 Å². The number of hydrogen-bond acceptors (Lipinski definition) is 4. The third kappa shape index (κ3) is 8.42. The summed E-state index contributed by atoms with van der Waals surface area (Å²) in [6.45, 7) is 13.7. The van der Waals surface area contributed by atoms with E-state index in [0.29, 0.717) is 12.0 Å². The molecule has 0 bridgehead atoms. The minimum absolute atomic E-state index is 0.186. The predicted octanol–water partition coefficient (Wildman–Crippen LogP) is 6.90. The Bertz CT molecular complexity index is 712. The van der Waals surface area contributed by atoms with E-state index in [2.05, 4.69) is 43.0 Å². The molecule has 2 aliphatic rings. The number of carbonyl (C=O) groups is 1. The van der Waals surface area contributed by atoms with Crippen LogP contribution in [0.5, 0.6) is 5.75 Å². The van der Waals surface area contributed by atoms with Gasteiger partial charge in [0.2, 0.25) is 0 Å². The number of carbonyl (C=O) groups excluding carboxylic acids is 1. The van der Waals surface area contributed by atoms with E-state index in [-0.39, 0.29) is 6.09 Å². The Hall–Kier alpha value is -1.91. The van der Waals surface area contributed by atoms with Crippen LogP contribution in [0, 0.1) is 11.8 Å². The van der Waals surface area contributed by atoms with Crippen LogP contribution in [0.2, 0.25) is 0 Å². The van der Waals surface area contributed by atoms with Crippen LogP contribution < -0.4 is 9.64 Å². The molecule has 1 aliphatic heterocycles. The Labute approximate surface area is 201 Å². The van der Waals surface area contributed by atoms with Crippen LogP contribution in [-0.4, -0.2) is 48.9 Å². The second-order valence-corrected chi connectivity index (χ2v) is 11.4. The van der Waals surface area contributed by atoms with Crippen molar-refractivity contribution in [1.82, 2.24) is 4.90 Å². The molecule has 1 saturated carbocycles. The van der Waals surface area contributed by atoms with Gasteiger partial charge < -0.3 is 19.3 Å². The summed E-state index contributed by atoms with van der Waals surface area (Å²) in [6.07, 6.45) is 9.62. The summed E-state index contributed by atoms with van der Waals surface area (Å²) >= 11 is 0. The maximum atomic E-state index is 12.5. The molecule has 0 unspecified atom stereocenters. The molecule has 5 nitrogen and oxygen atoms in total. The number of nitrogens with zero attached hydrogens (tertiary/aromatic N) is 2. The zero-order valence-electron chi connectivity index (χ0n) is 21.6. The van der Waals surface area contributed by atoms with E-state index in [0.717, 1.165) is 57.2 Å². The summed E-state index contributed by atoms with van der Waals surface area (Å²) in [6, 6.07) is 9.15. The first-order chi connectivity index (χ1) is 15.7. The molecule has 1 saturated heterocycles. The zero-order chi connectivity index (χ0) is 23.8. The van der Waals surface area contributed by atoms with Gasteiger partial charge in [0, 0.05) is 31.4 Å². The van der Waals surface area contributed by atoms with E-state index in [1.165, 1.54) is 37.8 Å². The molecular formula is C28H46N2O3. The molecule has 0 aromatic heterocycles. The highest BCUT2D eigenvalue weighted by Gasteiger charge is 2.29. The number of ether oxygens (including phenoxy) is 2. The lowest BCUT2D eigenvalue weighted by Crippen LogP contribution is -2.48. The maximum absolute atomic E-state index is 12.5. The monoisotopic (exact) mass is 458 g/mol. The first-order valence-electron chi connectivity index (χ1n) is 13.2. The Morgan fingerprint density at radius 3 is 2.24 bits per heavy atom. The van der Waals surface area contributed by atoms with Gasteiger partial charge in [-0.05, 0) is 89.0 Å². The van der Waals surface area contributed by atoms with Crippen molar-refractivity contribution in [3.63, 3.8) is 0 Å². The van der Waals surface area contributed by atoms with Gasteiger partial charge in [0.1, 0.15) is 11.4 Å². The number of likely N-dealkylation sites (tertiary alicyclic amines) is 1. The van der Waals surface area contributed by atoms with Crippen LogP contribution in [0.25, 0.3) is 0 Å². The Morgan fingerprint density at radius 1 is 1.03 bits per heavy atom. The van der Waals surface area contributed by atoms with Crippen molar-refractivity contribution >= 4 is 11.8 Å². The Morgan fingerprint density at radius 2 is 1.67 bits per heavy atom. The number of amides is 1. The number of hydrogen-bond donors (Lipinski definition) is 0. The molecular weight excluding hydrogens is 412 g/mol. The van der Waals surface area contributed by atoms with E-state index in [9.17, 15) is 4.79 Å². The summed E-state index contributed by atoms with van der Waals surface area (Å²) in [5, 5.41) is 0. The molecule has 0 N–H and O–H groups in total. The fourth-order valence-corrected chi connectivity index (χ4v) is 4.91. The van der Waals surface area contributed by atoms with Crippen LogP contribution in [0.15, 0.2) is 24.3 Å². The number of piperidine rings is 1. The summed E-state index contributed by atoms with van der Waals surface area (Å²) in [5.74, 6) is 2.36. The normalized spacial score (nSPS) is 18.4. The molecule has 1 aromatic carbocycles. The minimum atomic E-state index is -0.446. The summed E-state index contributed by atoms with van der Waals surface area (Å²) in [7, 11) is 0. The number of benzene rings is 1. The molecule has 1 aromatic rings. The second kappa shape index (κ2) is 12.0. The fourth-order valence-electron chi connectivity index (χ4n) is 4.91. The quantitative estimate of drug-likeness (QED) is 0.425. The Kier molecular flexibility index (Phi) is 9.34.